The number of esters is 1. The van der Waals surface area contributed by atoms with Crippen molar-refractivity contribution in [2.75, 3.05) is 6.61 Å². The zero-order chi connectivity index (χ0) is 15.4. The molecule has 21 heavy (non-hydrogen) atoms. The number of halogens is 3. The molecule has 0 atom stereocenters. The summed E-state index contributed by atoms with van der Waals surface area (Å²) in [4.78, 5) is 11.2. The number of furan rings is 1. The smallest absolute Gasteiger partial charge is 0.330 e. The van der Waals surface area contributed by atoms with Crippen molar-refractivity contribution < 1.29 is 13.9 Å². The van der Waals surface area contributed by atoms with E-state index in [2.05, 4.69) is 0 Å². The summed E-state index contributed by atoms with van der Waals surface area (Å²) in [5.74, 6) is 0.545. The van der Waals surface area contributed by atoms with Crippen molar-refractivity contribution in [1.29, 1.82) is 0 Å². The molecule has 0 amide bonds. The highest BCUT2D eigenvalue weighted by atomic mass is 35.5. The van der Waals surface area contributed by atoms with Gasteiger partial charge in [-0.3, -0.25) is 0 Å². The molecule has 2 rings (SSSR count). The zero-order valence-corrected chi connectivity index (χ0v) is 13.3. The lowest BCUT2D eigenvalue weighted by molar-refractivity contribution is -0.137. The second-order valence-corrected chi connectivity index (χ2v) is 5.28. The Morgan fingerprint density at radius 3 is 2.52 bits per heavy atom. The van der Waals surface area contributed by atoms with Gasteiger partial charge >= 0.3 is 5.97 Å². The first kappa shape index (κ1) is 16.0. The molecular formula is C15H11Cl3O3. The molecule has 0 unspecified atom stereocenters. The molecule has 0 bridgehead atoms. The molecule has 3 nitrogen and oxygen atoms in total. The molecule has 1 heterocycles. The highest BCUT2D eigenvalue weighted by molar-refractivity contribution is 6.41. The monoisotopic (exact) mass is 344 g/mol. The van der Waals surface area contributed by atoms with Gasteiger partial charge in [-0.15, -0.1) is 0 Å². The fourth-order valence-corrected chi connectivity index (χ4v) is 2.70. The van der Waals surface area contributed by atoms with E-state index < -0.39 is 5.97 Å². The third kappa shape index (κ3) is 4.03. The minimum atomic E-state index is -0.432. The normalized spacial score (nSPS) is 11.0. The lowest BCUT2D eigenvalue weighted by Gasteiger charge is -2.04. The van der Waals surface area contributed by atoms with E-state index in [1.54, 1.807) is 31.2 Å². The van der Waals surface area contributed by atoms with Gasteiger partial charge in [0.25, 0.3) is 0 Å². The summed E-state index contributed by atoms with van der Waals surface area (Å²) in [6.45, 7) is 2.06. The third-order valence-corrected chi connectivity index (χ3v) is 3.36. The van der Waals surface area contributed by atoms with Gasteiger partial charge in [0, 0.05) is 11.1 Å². The molecular weight excluding hydrogens is 335 g/mol. The second-order valence-electron chi connectivity index (χ2n) is 4.03. The first-order valence-corrected chi connectivity index (χ1v) is 7.24. The Kier molecular flexibility index (Phi) is 5.34. The minimum absolute atomic E-state index is 0.322. The molecule has 0 saturated carbocycles. The van der Waals surface area contributed by atoms with Crippen LogP contribution < -0.4 is 0 Å². The van der Waals surface area contributed by atoms with Crippen LogP contribution in [-0.2, 0) is 9.53 Å². The molecule has 0 aliphatic rings. The molecule has 0 radical (unpaired) electrons. The summed E-state index contributed by atoms with van der Waals surface area (Å²) in [5, 5.41) is 1.23. The van der Waals surface area contributed by atoms with E-state index in [1.807, 2.05) is 0 Å². The third-order valence-electron chi connectivity index (χ3n) is 2.55. The van der Waals surface area contributed by atoms with Crippen LogP contribution in [0.2, 0.25) is 15.1 Å². The van der Waals surface area contributed by atoms with Crippen LogP contribution in [0, 0.1) is 0 Å². The largest absolute Gasteiger partial charge is 0.463 e. The van der Waals surface area contributed by atoms with Crippen molar-refractivity contribution in [3.8, 4) is 11.3 Å². The average Bonchev–Trinajstić information content (AvgIpc) is 2.84. The fraction of sp³-hybridized carbons (Fsp3) is 0.133. The van der Waals surface area contributed by atoms with E-state index in [-0.39, 0.29) is 0 Å². The molecule has 110 valence electrons. The van der Waals surface area contributed by atoms with Crippen molar-refractivity contribution in [3.63, 3.8) is 0 Å². The number of benzene rings is 1. The Morgan fingerprint density at radius 2 is 1.90 bits per heavy atom. The van der Waals surface area contributed by atoms with Gasteiger partial charge in [0.1, 0.15) is 11.5 Å². The van der Waals surface area contributed by atoms with Gasteiger partial charge in [-0.05, 0) is 37.3 Å². The predicted octanol–water partition coefficient (Wildman–Crippen LogP) is 5.48. The Hall–Kier alpha value is -1.42. The molecule has 0 saturated heterocycles. The Labute approximate surface area is 137 Å². The molecule has 0 fully saturated rings. The SMILES string of the molecule is CCOC(=O)C=Cc1ccc(-c2c(Cl)cc(Cl)cc2Cl)o1. The molecule has 1 aromatic heterocycles. The maximum absolute atomic E-state index is 11.2. The molecule has 2 aromatic rings. The highest BCUT2D eigenvalue weighted by Gasteiger charge is 2.13. The van der Waals surface area contributed by atoms with E-state index in [0.29, 0.717) is 38.8 Å². The van der Waals surface area contributed by atoms with Crippen LogP contribution in [0.5, 0.6) is 0 Å². The van der Waals surface area contributed by atoms with Crippen LogP contribution >= 0.6 is 34.8 Å². The molecule has 6 heteroatoms. The predicted molar refractivity (Wildman–Crippen MR) is 84.8 cm³/mol. The average molecular weight is 346 g/mol. The van der Waals surface area contributed by atoms with Crippen molar-refractivity contribution in [2.45, 2.75) is 6.92 Å². The van der Waals surface area contributed by atoms with E-state index in [1.165, 1.54) is 12.2 Å². The lowest BCUT2D eigenvalue weighted by atomic mass is 10.2. The topological polar surface area (TPSA) is 39.4 Å². The van der Waals surface area contributed by atoms with E-state index in [4.69, 9.17) is 44.0 Å². The van der Waals surface area contributed by atoms with E-state index in [0.717, 1.165) is 0 Å². The maximum atomic E-state index is 11.2. The molecule has 0 aliphatic heterocycles. The summed E-state index contributed by atoms with van der Waals surface area (Å²) in [6, 6.07) is 6.58. The van der Waals surface area contributed by atoms with Crippen LogP contribution in [0.15, 0.2) is 34.8 Å². The van der Waals surface area contributed by atoms with Gasteiger partial charge in [0.15, 0.2) is 0 Å². The summed E-state index contributed by atoms with van der Waals surface area (Å²) < 4.78 is 10.4. The minimum Gasteiger partial charge on any atom is -0.463 e. The first-order chi connectivity index (χ1) is 10.0. The number of hydrogen-bond acceptors (Lipinski definition) is 3. The Morgan fingerprint density at radius 1 is 1.24 bits per heavy atom. The van der Waals surface area contributed by atoms with Crippen LogP contribution in [0.1, 0.15) is 12.7 Å². The highest BCUT2D eigenvalue weighted by Crippen LogP contribution is 2.38. The van der Waals surface area contributed by atoms with Crippen LogP contribution in [-0.4, -0.2) is 12.6 Å². The van der Waals surface area contributed by atoms with Gasteiger partial charge < -0.3 is 9.15 Å². The van der Waals surface area contributed by atoms with Crippen molar-refractivity contribution in [1.82, 2.24) is 0 Å². The van der Waals surface area contributed by atoms with Gasteiger partial charge in [-0.1, -0.05) is 34.8 Å². The number of carbonyl (C=O) groups excluding carboxylic acids is 1. The fourth-order valence-electron chi connectivity index (χ4n) is 1.69. The van der Waals surface area contributed by atoms with E-state index in [9.17, 15) is 4.79 Å². The summed E-state index contributed by atoms with van der Waals surface area (Å²) in [6.07, 6.45) is 2.80. The summed E-state index contributed by atoms with van der Waals surface area (Å²) in [5.41, 5.74) is 0.554. The number of carbonyl (C=O) groups is 1. The maximum Gasteiger partial charge on any atom is 0.330 e. The van der Waals surface area contributed by atoms with E-state index >= 15 is 0 Å². The number of ether oxygens (including phenoxy) is 1. The molecule has 0 N–H and O–H groups in total. The summed E-state index contributed by atoms with van der Waals surface area (Å²) >= 11 is 18.1. The van der Waals surface area contributed by atoms with Gasteiger partial charge in [0.2, 0.25) is 0 Å². The molecule has 0 spiro atoms. The quantitative estimate of drug-likeness (QED) is 0.544. The summed E-state index contributed by atoms with van der Waals surface area (Å²) in [7, 11) is 0. The van der Waals surface area contributed by atoms with Crippen molar-refractivity contribution in [3.05, 3.63) is 51.2 Å². The zero-order valence-electron chi connectivity index (χ0n) is 11.0. The lowest BCUT2D eigenvalue weighted by Crippen LogP contribution is -1.98. The van der Waals surface area contributed by atoms with Gasteiger partial charge in [-0.2, -0.15) is 0 Å². The Bertz CT molecular complexity index is 666. The van der Waals surface area contributed by atoms with Crippen LogP contribution in [0.25, 0.3) is 17.4 Å². The van der Waals surface area contributed by atoms with Gasteiger partial charge in [0.05, 0.1) is 22.2 Å². The van der Waals surface area contributed by atoms with Crippen molar-refractivity contribution in [2.24, 2.45) is 0 Å². The number of rotatable bonds is 4. The van der Waals surface area contributed by atoms with Gasteiger partial charge in [-0.25, -0.2) is 4.79 Å². The molecule has 0 aliphatic carbocycles. The first-order valence-electron chi connectivity index (χ1n) is 6.11. The second kappa shape index (κ2) is 7.03. The Balaban J connectivity index is 2.27. The standard InChI is InChI=1S/C15H11Cl3O3/c1-2-20-14(19)6-4-10-3-5-13(21-10)15-11(17)7-9(16)8-12(15)18/h3-8H,2H2,1H3. The van der Waals surface area contributed by atoms with Crippen molar-refractivity contribution >= 4 is 46.8 Å². The van der Waals surface area contributed by atoms with Crippen LogP contribution in [0.4, 0.5) is 0 Å². The van der Waals surface area contributed by atoms with Crippen LogP contribution in [0.3, 0.4) is 0 Å². The number of hydrogen-bond donors (Lipinski definition) is 0. The molecule has 1 aromatic carbocycles.